The number of methoxy groups -OCH3 is 2. The van der Waals surface area contributed by atoms with Gasteiger partial charge in [0.1, 0.15) is 6.26 Å². The van der Waals surface area contributed by atoms with Crippen LogP contribution in [0.4, 0.5) is 0 Å². The highest BCUT2D eigenvalue weighted by atomic mass is 16.5. The molecule has 7 heteroatoms. The van der Waals surface area contributed by atoms with Crippen molar-refractivity contribution in [3.05, 3.63) is 47.4 Å². The van der Waals surface area contributed by atoms with Gasteiger partial charge < -0.3 is 23.9 Å². The number of carbonyl (C=O) groups is 2. The lowest BCUT2D eigenvalue weighted by atomic mass is 9.89. The van der Waals surface area contributed by atoms with E-state index in [1.54, 1.807) is 24.1 Å². The Kier molecular flexibility index (Phi) is 4.65. The molecule has 1 aliphatic heterocycles. The maximum absolute atomic E-state index is 12.8. The molecule has 0 saturated carbocycles. The highest BCUT2D eigenvalue weighted by Crippen LogP contribution is 2.40. The second-order valence-corrected chi connectivity index (χ2v) is 5.78. The van der Waals surface area contributed by atoms with E-state index in [9.17, 15) is 14.7 Å². The Bertz CT molecular complexity index is 783. The van der Waals surface area contributed by atoms with Crippen molar-refractivity contribution in [3.8, 4) is 11.5 Å². The first kappa shape index (κ1) is 16.9. The normalized spacial score (nSPS) is 16.2. The number of ether oxygens (including phenoxy) is 2. The molecular formula is C18H19NO6. The van der Waals surface area contributed by atoms with Gasteiger partial charge >= 0.3 is 5.97 Å². The molecule has 2 aromatic rings. The van der Waals surface area contributed by atoms with Crippen LogP contribution in [-0.4, -0.2) is 42.6 Å². The maximum Gasteiger partial charge on any atom is 0.305 e. The third-order valence-electron chi connectivity index (χ3n) is 4.40. The van der Waals surface area contributed by atoms with E-state index in [4.69, 9.17) is 13.9 Å². The summed E-state index contributed by atoms with van der Waals surface area (Å²) in [5, 5.41) is 9.34. The van der Waals surface area contributed by atoms with Crippen molar-refractivity contribution in [2.24, 2.45) is 0 Å². The lowest BCUT2D eigenvalue weighted by Crippen LogP contribution is -2.41. The fourth-order valence-corrected chi connectivity index (χ4v) is 3.21. The number of hydrogen-bond donors (Lipinski definition) is 1. The molecule has 2 heterocycles. The highest BCUT2D eigenvalue weighted by Gasteiger charge is 2.34. The van der Waals surface area contributed by atoms with Crippen molar-refractivity contribution in [2.45, 2.75) is 18.9 Å². The van der Waals surface area contributed by atoms with Crippen LogP contribution in [0.1, 0.15) is 33.9 Å². The van der Waals surface area contributed by atoms with E-state index in [1.807, 2.05) is 6.07 Å². The van der Waals surface area contributed by atoms with E-state index in [-0.39, 0.29) is 12.3 Å². The average molecular weight is 345 g/mol. The Morgan fingerprint density at radius 2 is 2.00 bits per heavy atom. The molecule has 0 fully saturated rings. The molecule has 0 spiro atoms. The SMILES string of the molecule is COc1cc2c(cc1OC)[C@@H](CC(=O)O)N(C(=O)c1ccoc1)CC2. The molecular weight excluding hydrogens is 326 g/mol. The van der Waals surface area contributed by atoms with Crippen LogP contribution in [0.2, 0.25) is 0 Å². The van der Waals surface area contributed by atoms with Crippen molar-refractivity contribution in [2.75, 3.05) is 20.8 Å². The van der Waals surface area contributed by atoms with E-state index in [0.717, 1.165) is 11.1 Å². The summed E-state index contributed by atoms with van der Waals surface area (Å²) in [5.41, 5.74) is 2.13. The van der Waals surface area contributed by atoms with Gasteiger partial charge in [0.2, 0.25) is 0 Å². The van der Waals surface area contributed by atoms with Crippen LogP contribution in [-0.2, 0) is 11.2 Å². The highest BCUT2D eigenvalue weighted by molar-refractivity contribution is 5.94. The van der Waals surface area contributed by atoms with Crippen LogP contribution < -0.4 is 9.47 Å². The molecule has 1 amide bonds. The summed E-state index contributed by atoms with van der Waals surface area (Å²) < 4.78 is 15.6. The fourth-order valence-electron chi connectivity index (χ4n) is 3.21. The standard InChI is InChI=1S/C18H19NO6/c1-23-15-7-11-3-5-19(18(22)12-4-6-25-10-12)14(9-17(20)21)13(11)8-16(15)24-2/h4,6-8,10,14H,3,5,9H2,1-2H3,(H,20,21)/t14-/m1/s1. The topological polar surface area (TPSA) is 89.2 Å². The molecule has 1 atom stereocenters. The summed E-state index contributed by atoms with van der Waals surface area (Å²) in [6.07, 6.45) is 3.21. The van der Waals surface area contributed by atoms with Gasteiger partial charge in [-0.05, 0) is 35.7 Å². The molecule has 1 aromatic carbocycles. The van der Waals surface area contributed by atoms with Crippen molar-refractivity contribution >= 4 is 11.9 Å². The van der Waals surface area contributed by atoms with Crippen molar-refractivity contribution in [1.82, 2.24) is 4.90 Å². The molecule has 25 heavy (non-hydrogen) atoms. The summed E-state index contributed by atoms with van der Waals surface area (Å²) in [5.74, 6) is -0.128. The second-order valence-electron chi connectivity index (χ2n) is 5.78. The molecule has 1 aliphatic rings. The van der Waals surface area contributed by atoms with Crippen LogP contribution in [0.25, 0.3) is 0 Å². The van der Waals surface area contributed by atoms with Crippen LogP contribution >= 0.6 is 0 Å². The monoisotopic (exact) mass is 345 g/mol. The molecule has 7 nitrogen and oxygen atoms in total. The van der Waals surface area contributed by atoms with Gasteiger partial charge in [0.15, 0.2) is 11.5 Å². The number of rotatable bonds is 5. The number of hydrogen-bond acceptors (Lipinski definition) is 5. The summed E-state index contributed by atoms with van der Waals surface area (Å²) >= 11 is 0. The van der Waals surface area contributed by atoms with Crippen LogP contribution in [0.5, 0.6) is 11.5 Å². The largest absolute Gasteiger partial charge is 0.493 e. The predicted molar refractivity (Wildman–Crippen MR) is 88.0 cm³/mol. The molecule has 1 aromatic heterocycles. The Hall–Kier alpha value is -2.96. The average Bonchev–Trinajstić information content (AvgIpc) is 3.14. The third kappa shape index (κ3) is 3.17. The van der Waals surface area contributed by atoms with E-state index in [1.165, 1.54) is 19.6 Å². The van der Waals surface area contributed by atoms with Gasteiger partial charge in [-0.3, -0.25) is 9.59 Å². The predicted octanol–water partition coefficient (Wildman–Crippen LogP) is 2.51. The molecule has 3 rings (SSSR count). The molecule has 132 valence electrons. The maximum atomic E-state index is 12.8. The Balaban J connectivity index is 2.04. The van der Waals surface area contributed by atoms with Gasteiger partial charge in [0.05, 0.1) is 38.5 Å². The molecule has 0 unspecified atom stereocenters. The number of fused-ring (bicyclic) bond motifs is 1. The minimum atomic E-state index is -0.974. The molecule has 0 radical (unpaired) electrons. The Morgan fingerprint density at radius 1 is 1.28 bits per heavy atom. The zero-order valence-electron chi connectivity index (χ0n) is 14.0. The van der Waals surface area contributed by atoms with Gasteiger partial charge in [-0.15, -0.1) is 0 Å². The Labute approximate surface area is 144 Å². The summed E-state index contributed by atoms with van der Waals surface area (Å²) in [6, 6.07) is 4.60. The van der Waals surface area contributed by atoms with Crippen LogP contribution in [0, 0.1) is 0 Å². The number of nitrogens with zero attached hydrogens (tertiary/aromatic N) is 1. The smallest absolute Gasteiger partial charge is 0.305 e. The first-order chi connectivity index (χ1) is 12.0. The van der Waals surface area contributed by atoms with E-state index in [2.05, 4.69) is 0 Å². The van der Waals surface area contributed by atoms with Crippen LogP contribution in [0.3, 0.4) is 0 Å². The number of aliphatic carboxylic acids is 1. The minimum absolute atomic E-state index is 0.188. The fraction of sp³-hybridized carbons (Fsp3) is 0.333. The number of amides is 1. The Morgan fingerprint density at radius 3 is 2.60 bits per heavy atom. The van der Waals surface area contributed by atoms with Gasteiger partial charge in [-0.2, -0.15) is 0 Å². The minimum Gasteiger partial charge on any atom is -0.493 e. The van der Waals surface area contributed by atoms with Gasteiger partial charge in [-0.1, -0.05) is 0 Å². The summed E-state index contributed by atoms with van der Waals surface area (Å²) in [4.78, 5) is 25.7. The van der Waals surface area contributed by atoms with Gasteiger partial charge in [0, 0.05) is 6.54 Å². The molecule has 0 bridgehead atoms. The number of carbonyl (C=O) groups excluding carboxylic acids is 1. The van der Waals surface area contributed by atoms with Gasteiger partial charge in [0.25, 0.3) is 5.91 Å². The lowest BCUT2D eigenvalue weighted by Gasteiger charge is -2.37. The van der Waals surface area contributed by atoms with Gasteiger partial charge in [-0.25, -0.2) is 0 Å². The van der Waals surface area contributed by atoms with E-state index >= 15 is 0 Å². The quantitative estimate of drug-likeness (QED) is 0.896. The molecule has 0 aliphatic carbocycles. The molecule has 1 N–H and O–H groups in total. The zero-order valence-corrected chi connectivity index (χ0v) is 14.0. The first-order valence-corrected chi connectivity index (χ1v) is 7.85. The zero-order chi connectivity index (χ0) is 18.0. The summed E-state index contributed by atoms with van der Waals surface area (Å²) in [7, 11) is 3.07. The number of carboxylic acids is 1. The second kappa shape index (κ2) is 6.88. The van der Waals surface area contributed by atoms with Crippen molar-refractivity contribution in [1.29, 1.82) is 0 Å². The molecule has 0 saturated heterocycles. The van der Waals surface area contributed by atoms with Crippen molar-refractivity contribution in [3.63, 3.8) is 0 Å². The van der Waals surface area contributed by atoms with Crippen LogP contribution in [0.15, 0.2) is 35.1 Å². The van der Waals surface area contributed by atoms with Crippen molar-refractivity contribution < 1.29 is 28.6 Å². The number of benzene rings is 1. The van der Waals surface area contributed by atoms with E-state index < -0.39 is 12.0 Å². The number of furan rings is 1. The first-order valence-electron chi connectivity index (χ1n) is 7.85. The third-order valence-corrected chi connectivity index (χ3v) is 4.40. The summed E-state index contributed by atoms with van der Waals surface area (Å²) in [6.45, 7) is 0.421. The van der Waals surface area contributed by atoms with E-state index in [0.29, 0.717) is 30.0 Å². The lowest BCUT2D eigenvalue weighted by molar-refractivity contribution is -0.138. The number of carboxylic acid groups (broad SMARTS) is 1.